The molecule has 0 spiro atoms. The fourth-order valence-electron chi connectivity index (χ4n) is 4.18. The maximum Gasteiger partial charge on any atom is 0.271 e. The molecule has 1 unspecified atom stereocenters. The molecule has 7 heteroatoms. The molecule has 1 saturated heterocycles. The molecule has 0 radical (unpaired) electrons. The number of hydrogen-bond acceptors (Lipinski definition) is 5. The molecule has 1 atom stereocenters. The molecule has 0 bridgehead atoms. The van der Waals surface area contributed by atoms with Crippen molar-refractivity contribution in [1.29, 1.82) is 0 Å². The van der Waals surface area contributed by atoms with Gasteiger partial charge in [0, 0.05) is 30.7 Å². The van der Waals surface area contributed by atoms with Gasteiger partial charge in [-0.2, -0.15) is 0 Å². The van der Waals surface area contributed by atoms with Crippen LogP contribution in [-0.2, 0) is 7.05 Å². The second-order valence-electron chi connectivity index (χ2n) is 7.54. The summed E-state index contributed by atoms with van der Waals surface area (Å²) >= 11 is 1.62. The van der Waals surface area contributed by atoms with Crippen LogP contribution in [0.4, 0.5) is 0 Å². The van der Waals surface area contributed by atoms with E-state index >= 15 is 0 Å². The van der Waals surface area contributed by atoms with Crippen LogP contribution in [0.1, 0.15) is 39.9 Å². The van der Waals surface area contributed by atoms with E-state index in [0.29, 0.717) is 18.9 Å². The highest BCUT2D eigenvalue weighted by atomic mass is 32.1. The van der Waals surface area contributed by atoms with Gasteiger partial charge in [0.1, 0.15) is 18.9 Å². The van der Waals surface area contributed by atoms with Crippen molar-refractivity contribution in [1.82, 2.24) is 14.5 Å². The molecule has 150 valence electrons. The van der Waals surface area contributed by atoms with Crippen molar-refractivity contribution >= 4 is 17.2 Å². The zero-order chi connectivity index (χ0) is 20.0. The Morgan fingerprint density at radius 2 is 2.03 bits per heavy atom. The molecule has 2 aromatic heterocycles. The van der Waals surface area contributed by atoms with Crippen molar-refractivity contribution in [2.75, 3.05) is 19.8 Å². The van der Waals surface area contributed by atoms with Gasteiger partial charge in [-0.25, -0.2) is 4.98 Å². The Kier molecular flexibility index (Phi) is 4.54. The number of likely N-dealkylation sites (tertiary alicyclic amines) is 1. The second kappa shape index (κ2) is 7.22. The standard InChI is InChI=1S/C22H23N3O3S/c1-14-23-17(13-29-14)16-10-19(24(2)12-16)22(26)25-7-3-4-18(25)15-5-6-20-21(11-15)28-9-8-27-20/h5-6,10-13,18H,3-4,7-9H2,1-2H3. The van der Waals surface area contributed by atoms with Crippen LogP contribution < -0.4 is 9.47 Å². The normalized spacial score (nSPS) is 18.3. The number of hydrogen-bond donors (Lipinski definition) is 0. The summed E-state index contributed by atoms with van der Waals surface area (Å²) in [5.41, 5.74) is 3.70. The molecule has 4 heterocycles. The topological polar surface area (TPSA) is 56.6 Å². The van der Waals surface area contributed by atoms with Gasteiger partial charge in [0.2, 0.25) is 0 Å². The summed E-state index contributed by atoms with van der Waals surface area (Å²) in [5.74, 6) is 1.61. The second-order valence-corrected chi connectivity index (χ2v) is 8.60. The molecule has 6 nitrogen and oxygen atoms in total. The van der Waals surface area contributed by atoms with Crippen molar-refractivity contribution in [3.63, 3.8) is 0 Å². The molecule has 0 aliphatic carbocycles. The van der Waals surface area contributed by atoms with Crippen LogP contribution >= 0.6 is 11.3 Å². The summed E-state index contributed by atoms with van der Waals surface area (Å²) in [5, 5.41) is 3.06. The summed E-state index contributed by atoms with van der Waals surface area (Å²) in [4.78, 5) is 20.0. The fourth-order valence-corrected chi connectivity index (χ4v) is 4.81. The molecule has 29 heavy (non-hydrogen) atoms. The summed E-state index contributed by atoms with van der Waals surface area (Å²) in [6, 6.07) is 8.04. The van der Waals surface area contributed by atoms with E-state index in [4.69, 9.17) is 9.47 Å². The quantitative estimate of drug-likeness (QED) is 0.650. The first-order valence-electron chi connectivity index (χ1n) is 9.89. The molecular weight excluding hydrogens is 386 g/mol. The lowest BCUT2D eigenvalue weighted by Gasteiger charge is -2.27. The van der Waals surface area contributed by atoms with Crippen molar-refractivity contribution in [2.45, 2.75) is 25.8 Å². The van der Waals surface area contributed by atoms with Crippen LogP contribution in [0.2, 0.25) is 0 Å². The molecule has 3 aromatic rings. The Morgan fingerprint density at radius 1 is 1.21 bits per heavy atom. The first kappa shape index (κ1) is 18.2. The van der Waals surface area contributed by atoms with Gasteiger partial charge in [0.15, 0.2) is 11.5 Å². The van der Waals surface area contributed by atoms with Crippen LogP contribution in [0.15, 0.2) is 35.8 Å². The van der Waals surface area contributed by atoms with E-state index in [1.165, 1.54) is 0 Å². The van der Waals surface area contributed by atoms with E-state index in [1.54, 1.807) is 11.3 Å². The van der Waals surface area contributed by atoms with Crippen molar-refractivity contribution in [2.24, 2.45) is 7.05 Å². The van der Waals surface area contributed by atoms with Gasteiger partial charge in [-0.1, -0.05) is 6.07 Å². The Hall–Kier alpha value is -2.80. The Bertz CT molecular complexity index is 1070. The number of carbonyl (C=O) groups is 1. The Balaban J connectivity index is 1.43. The van der Waals surface area contributed by atoms with E-state index < -0.39 is 0 Å². The van der Waals surface area contributed by atoms with Crippen LogP contribution in [0.5, 0.6) is 11.5 Å². The average Bonchev–Trinajstić information content (AvgIpc) is 3.46. The molecular formula is C22H23N3O3S. The smallest absolute Gasteiger partial charge is 0.271 e. The monoisotopic (exact) mass is 409 g/mol. The number of fused-ring (bicyclic) bond motifs is 1. The molecule has 5 rings (SSSR count). The van der Waals surface area contributed by atoms with Gasteiger partial charge < -0.3 is 18.9 Å². The number of rotatable bonds is 3. The largest absolute Gasteiger partial charge is 0.486 e. The highest BCUT2D eigenvalue weighted by Gasteiger charge is 2.32. The molecule has 0 N–H and O–H groups in total. The SMILES string of the molecule is Cc1nc(-c2cc(C(=O)N3CCCC3c3ccc4c(c3)OCCO4)n(C)c2)cs1. The number of benzene rings is 1. The average molecular weight is 410 g/mol. The zero-order valence-corrected chi connectivity index (χ0v) is 17.4. The third kappa shape index (κ3) is 3.29. The minimum Gasteiger partial charge on any atom is -0.486 e. The van der Waals surface area contributed by atoms with Crippen LogP contribution in [0.3, 0.4) is 0 Å². The van der Waals surface area contributed by atoms with Gasteiger partial charge in [0.25, 0.3) is 5.91 Å². The van der Waals surface area contributed by atoms with Crippen molar-refractivity contribution < 1.29 is 14.3 Å². The molecule has 0 saturated carbocycles. The first-order chi connectivity index (χ1) is 14.1. The van der Waals surface area contributed by atoms with E-state index in [2.05, 4.69) is 11.1 Å². The number of ether oxygens (including phenoxy) is 2. The van der Waals surface area contributed by atoms with E-state index in [1.807, 2.05) is 53.2 Å². The third-order valence-electron chi connectivity index (χ3n) is 5.60. The number of carbonyl (C=O) groups excluding carboxylic acids is 1. The van der Waals surface area contributed by atoms with E-state index in [-0.39, 0.29) is 11.9 Å². The van der Waals surface area contributed by atoms with Gasteiger partial charge in [-0.15, -0.1) is 11.3 Å². The van der Waals surface area contributed by atoms with Crippen LogP contribution in [-0.4, -0.2) is 40.1 Å². The number of aromatic nitrogens is 2. The van der Waals surface area contributed by atoms with E-state index in [9.17, 15) is 4.79 Å². The molecule has 1 aromatic carbocycles. The zero-order valence-electron chi connectivity index (χ0n) is 16.6. The lowest BCUT2D eigenvalue weighted by molar-refractivity contribution is 0.0725. The summed E-state index contributed by atoms with van der Waals surface area (Å²) in [6.07, 6.45) is 3.93. The lowest BCUT2D eigenvalue weighted by Crippen LogP contribution is -2.31. The van der Waals surface area contributed by atoms with Crippen LogP contribution in [0, 0.1) is 6.92 Å². The molecule has 2 aliphatic heterocycles. The van der Waals surface area contributed by atoms with Crippen LogP contribution in [0.25, 0.3) is 11.3 Å². The number of amides is 1. The molecule has 1 amide bonds. The Morgan fingerprint density at radius 3 is 2.83 bits per heavy atom. The molecule has 1 fully saturated rings. The summed E-state index contributed by atoms with van der Waals surface area (Å²) in [7, 11) is 1.92. The van der Waals surface area contributed by atoms with Gasteiger partial charge in [-0.3, -0.25) is 4.79 Å². The van der Waals surface area contributed by atoms with Crippen molar-refractivity contribution in [3.05, 3.63) is 52.1 Å². The maximum absolute atomic E-state index is 13.4. The predicted octanol–water partition coefficient (Wildman–Crippen LogP) is 4.21. The maximum atomic E-state index is 13.4. The predicted molar refractivity (Wildman–Crippen MR) is 112 cm³/mol. The molecule has 2 aliphatic rings. The first-order valence-corrected chi connectivity index (χ1v) is 10.8. The fraction of sp³-hybridized carbons (Fsp3) is 0.364. The Labute approximate surface area is 173 Å². The number of thiazole rings is 1. The summed E-state index contributed by atoms with van der Waals surface area (Å²) in [6.45, 7) is 3.89. The lowest BCUT2D eigenvalue weighted by atomic mass is 10.0. The van der Waals surface area contributed by atoms with Crippen molar-refractivity contribution in [3.8, 4) is 22.8 Å². The third-order valence-corrected chi connectivity index (χ3v) is 6.38. The minimum absolute atomic E-state index is 0.0539. The van der Waals surface area contributed by atoms with Gasteiger partial charge in [-0.05, 0) is 43.5 Å². The summed E-state index contributed by atoms with van der Waals surface area (Å²) < 4.78 is 13.3. The van der Waals surface area contributed by atoms with E-state index in [0.717, 1.165) is 52.7 Å². The van der Waals surface area contributed by atoms with Gasteiger partial charge >= 0.3 is 0 Å². The number of nitrogens with zero attached hydrogens (tertiary/aromatic N) is 3. The minimum atomic E-state index is 0.0539. The highest BCUT2D eigenvalue weighted by molar-refractivity contribution is 7.09. The highest BCUT2D eigenvalue weighted by Crippen LogP contribution is 2.39. The van der Waals surface area contributed by atoms with Gasteiger partial charge in [0.05, 0.1) is 16.7 Å². The number of aryl methyl sites for hydroxylation is 2.